The van der Waals surface area contributed by atoms with Crippen LogP contribution in [0.1, 0.15) is 13.8 Å². The van der Waals surface area contributed by atoms with Crippen molar-refractivity contribution in [1.82, 2.24) is 0 Å². The van der Waals surface area contributed by atoms with Crippen molar-refractivity contribution in [1.29, 1.82) is 5.26 Å². The Hall–Kier alpha value is -1.61. The van der Waals surface area contributed by atoms with E-state index in [1.165, 1.54) is 6.07 Å². The second-order valence-corrected chi connectivity index (χ2v) is 4.87. The van der Waals surface area contributed by atoms with E-state index in [2.05, 4.69) is 22.0 Å². The fourth-order valence-corrected chi connectivity index (χ4v) is 2.02. The van der Waals surface area contributed by atoms with Crippen LogP contribution in [-0.2, 0) is 0 Å². The lowest BCUT2D eigenvalue weighted by Crippen LogP contribution is -2.28. The van der Waals surface area contributed by atoms with Crippen molar-refractivity contribution in [3.8, 4) is 6.07 Å². The standard InChI is InChI=1S/C12H14BrN3O2/c1-3-15(8-9(2)7-14)12-6-10(13)4-5-11(12)16(17)18/h4-6,9H,3,8H2,1-2H3. The van der Waals surface area contributed by atoms with Crippen molar-refractivity contribution < 1.29 is 4.92 Å². The Kier molecular flexibility index (Phi) is 5.10. The van der Waals surface area contributed by atoms with Crippen LogP contribution in [0, 0.1) is 27.4 Å². The van der Waals surface area contributed by atoms with Crippen LogP contribution in [0.2, 0.25) is 0 Å². The van der Waals surface area contributed by atoms with Gasteiger partial charge in [-0.25, -0.2) is 0 Å². The van der Waals surface area contributed by atoms with Gasteiger partial charge in [-0.05, 0) is 26.0 Å². The van der Waals surface area contributed by atoms with Gasteiger partial charge in [0.05, 0.1) is 16.9 Å². The molecule has 0 heterocycles. The smallest absolute Gasteiger partial charge is 0.292 e. The number of nitro benzene ring substituents is 1. The summed E-state index contributed by atoms with van der Waals surface area (Å²) in [5.41, 5.74) is 0.601. The van der Waals surface area contributed by atoms with Gasteiger partial charge < -0.3 is 4.90 Å². The highest BCUT2D eigenvalue weighted by molar-refractivity contribution is 9.10. The van der Waals surface area contributed by atoms with Crippen LogP contribution in [0.4, 0.5) is 11.4 Å². The Morgan fingerprint density at radius 2 is 2.28 bits per heavy atom. The number of benzene rings is 1. The molecule has 0 N–H and O–H groups in total. The van der Waals surface area contributed by atoms with E-state index in [-0.39, 0.29) is 11.6 Å². The van der Waals surface area contributed by atoms with Crippen molar-refractivity contribution in [3.63, 3.8) is 0 Å². The zero-order chi connectivity index (χ0) is 13.7. The normalized spacial score (nSPS) is 11.7. The number of rotatable bonds is 5. The first-order valence-corrected chi connectivity index (χ1v) is 6.37. The molecule has 1 rings (SSSR count). The molecule has 6 heteroatoms. The predicted octanol–water partition coefficient (Wildman–Crippen LogP) is 3.34. The fraction of sp³-hybridized carbons (Fsp3) is 0.417. The van der Waals surface area contributed by atoms with Gasteiger partial charge in [0.2, 0.25) is 0 Å². The van der Waals surface area contributed by atoms with Crippen LogP contribution in [0.5, 0.6) is 0 Å². The third-order valence-corrected chi connectivity index (χ3v) is 3.06. The first-order chi connectivity index (χ1) is 8.49. The highest BCUT2D eigenvalue weighted by atomic mass is 79.9. The third-order valence-electron chi connectivity index (χ3n) is 2.57. The van der Waals surface area contributed by atoms with Crippen LogP contribution in [-0.4, -0.2) is 18.0 Å². The predicted molar refractivity (Wildman–Crippen MR) is 73.5 cm³/mol. The molecule has 1 aromatic rings. The Bertz CT molecular complexity index is 485. The Morgan fingerprint density at radius 3 is 2.78 bits per heavy atom. The van der Waals surface area contributed by atoms with Crippen LogP contribution >= 0.6 is 15.9 Å². The van der Waals surface area contributed by atoms with E-state index in [0.717, 1.165) is 4.47 Å². The van der Waals surface area contributed by atoms with Gasteiger partial charge in [-0.3, -0.25) is 10.1 Å². The van der Waals surface area contributed by atoms with Crippen LogP contribution in [0.25, 0.3) is 0 Å². The van der Waals surface area contributed by atoms with Gasteiger partial charge in [0.15, 0.2) is 0 Å². The number of hydrogen-bond acceptors (Lipinski definition) is 4. The van der Waals surface area contributed by atoms with Gasteiger partial charge >= 0.3 is 0 Å². The number of nitrogens with zero attached hydrogens (tertiary/aromatic N) is 3. The Balaban J connectivity index is 3.15. The monoisotopic (exact) mass is 311 g/mol. The van der Waals surface area contributed by atoms with E-state index in [1.54, 1.807) is 19.1 Å². The molecule has 0 radical (unpaired) electrons. The molecular formula is C12H14BrN3O2. The second-order valence-electron chi connectivity index (χ2n) is 3.96. The average Bonchev–Trinajstić information content (AvgIpc) is 2.35. The molecule has 0 spiro atoms. The molecule has 0 bridgehead atoms. The summed E-state index contributed by atoms with van der Waals surface area (Å²) in [6.45, 7) is 4.80. The minimum Gasteiger partial charge on any atom is -0.365 e. The van der Waals surface area contributed by atoms with Gasteiger partial charge in [-0.2, -0.15) is 5.26 Å². The lowest BCUT2D eigenvalue weighted by atomic mass is 10.1. The molecule has 0 amide bonds. The van der Waals surface area contributed by atoms with Crippen molar-refractivity contribution in [3.05, 3.63) is 32.8 Å². The summed E-state index contributed by atoms with van der Waals surface area (Å²) in [4.78, 5) is 12.5. The zero-order valence-corrected chi connectivity index (χ0v) is 11.8. The van der Waals surface area contributed by atoms with Crippen LogP contribution < -0.4 is 4.90 Å². The van der Waals surface area contributed by atoms with E-state index in [9.17, 15) is 10.1 Å². The fourth-order valence-electron chi connectivity index (χ4n) is 1.67. The molecule has 0 aliphatic rings. The molecule has 0 aliphatic heterocycles. The molecule has 0 saturated carbocycles. The molecule has 0 aliphatic carbocycles. The number of nitro groups is 1. The third kappa shape index (κ3) is 3.44. The first kappa shape index (κ1) is 14.5. The van der Waals surface area contributed by atoms with Crippen LogP contribution in [0.3, 0.4) is 0 Å². The molecule has 1 atom stereocenters. The summed E-state index contributed by atoms with van der Waals surface area (Å²) in [6.07, 6.45) is 0. The van der Waals surface area contributed by atoms with Crippen molar-refractivity contribution in [2.45, 2.75) is 13.8 Å². The summed E-state index contributed by atoms with van der Waals surface area (Å²) >= 11 is 3.31. The van der Waals surface area contributed by atoms with Crippen LogP contribution in [0.15, 0.2) is 22.7 Å². The molecule has 0 saturated heterocycles. The minimum absolute atomic E-state index is 0.0604. The maximum Gasteiger partial charge on any atom is 0.292 e. The number of halogens is 1. The van der Waals surface area contributed by atoms with Gasteiger partial charge in [0.1, 0.15) is 5.69 Å². The summed E-state index contributed by atoms with van der Waals surface area (Å²) in [5, 5.41) is 19.8. The number of anilines is 1. The van der Waals surface area contributed by atoms with E-state index in [4.69, 9.17) is 5.26 Å². The zero-order valence-electron chi connectivity index (χ0n) is 10.3. The van der Waals surface area contributed by atoms with Gasteiger partial charge in [0, 0.05) is 23.6 Å². The summed E-state index contributed by atoms with van der Waals surface area (Å²) < 4.78 is 0.783. The van der Waals surface area contributed by atoms with E-state index >= 15 is 0 Å². The molecule has 5 nitrogen and oxygen atoms in total. The summed E-state index contributed by atoms with van der Waals surface area (Å²) in [5.74, 6) is -0.177. The quantitative estimate of drug-likeness (QED) is 0.617. The molecule has 0 fully saturated rings. The van der Waals surface area contributed by atoms with E-state index < -0.39 is 4.92 Å². The molecule has 1 unspecified atom stereocenters. The second kappa shape index (κ2) is 6.36. The molecular weight excluding hydrogens is 298 g/mol. The molecule has 0 aromatic heterocycles. The molecule has 1 aromatic carbocycles. The van der Waals surface area contributed by atoms with Crippen molar-refractivity contribution in [2.75, 3.05) is 18.0 Å². The van der Waals surface area contributed by atoms with Gasteiger partial charge in [0.25, 0.3) is 5.69 Å². The maximum atomic E-state index is 11.0. The van der Waals surface area contributed by atoms with Crippen molar-refractivity contribution >= 4 is 27.3 Å². The van der Waals surface area contributed by atoms with E-state index in [0.29, 0.717) is 18.8 Å². The lowest BCUT2D eigenvalue weighted by molar-refractivity contribution is -0.384. The van der Waals surface area contributed by atoms with Gasteiger partial charge in [-0.15, -0.1) is 0 Å². The Labute approximate surface area is 114 Å². The Morgan fingerprint density at radius 1 is 1.61 bits per heavy atom. The van der Waals surface area contributed by atoms with E-state index in [1.807, 2.05) is 11.8 Å². The average molecular weight is 312 g/mol. The topological polar surface area (TPSA) is 70.2 Å². The first-order valence-electron chi connectivity index (χ1n) is 5.58. The van der Waals surface area contributed by atoms with Crippen molar-refractivity contribution in [2.24, 2.45) is 5.92 Å². The lowest BCUT2D eigenvalue weighted by Gasteiger charge is -2.24. The highest BCUT2D eigenvalue weighted by Crippen LogP contribution is 2.31. The molecule has 18 heavy (non-hydrogen) atoms. The summed E-state index contributed by atoms with van der Waals surface area (Å²) in [7, 11) is 0. The highest BCUT2D eigenvalue weighted by Gasteiger charge is 2.20. The van der Waals surface area contributed by atoms with Gasteiger partial charge in [-0.1, -0.05) is 15.9 Å². The molecule has 96 valence electrons. The number of hydrogen-bond donors (Lipinski definition) is 0. The number of nitriles is 1. The minimum atomic E-state index is -0.401. The summed E-state index contributed by atoms with van der Waals surface area (Å²) in [6, 6.07) is 6.97. The largest absolute Gasteiger partial charge is 0.365 e. The SMILES string of the molecule is CCN(CC(C)C#N)c1cc(Br)ccc1[N+](=O)[O-]. The maximum absolute atomic E-state index is 11.0.